The number of hydrogen-bond acceptors (Lipinski definition) is 2. The van der Waals surface area contributed by atoms with Crippen molar-refractivity contribution in [1.82, 2.24) is 0 Å². The summed E-state index contributed by atoms with van der Waals surface area (Å²) in [4.78, 5) is 1.12. The highest BCUT2D eigenvalue weighted by atomic mass is 35.5. The third-order valence-corrected chi connectivity index (χ3v) is 4.80. The second kappa shape index (κ2) is 6.66. The van der Waals surface area contributed by atoms with Crippen LogP contribution in [0.15, 0.2) is 41.3 Å². The molecule has 2 aromatic rings. The minimum Gasteiger partial charge on any atom is -0.388 e. The summed E-state index contributed by atoms with van der Waals surface area (Å²) in [5, 5.41) is 11.1. The average Bonchev–Trinajstić information content (AvgIpc) is 2.42. The van der Waals surface area contributed by atoms with Crippen LogP contribution in [0.5, 0.6) is 0 Å². The highest BCUT2D eigenvalue weighted by Crippen LogP contribution is 2.28. The molecular formula is C17H19ClOS. The van der Waals surface area contributed by atoms with Crippen molar-refractivity contribution < 1.29 is 5.11 Å². The Balaban J connectivity index is 2.06. The number of rotatable bonds is 4. The molecule has 0 spiro atoms. The molecule has 0 amide bonds. The summed E-state index contributed by atoms with van der Waals surface area (Å²) in [6.07, 6.45) is -0.449. The Hall–Kier alpha value is -0.960. The number of halogens is 1. The van der Waals surface area contributed by atoms with Gasteiger partial charge in [-0.15, -0.1) is 11.8 Å². The standard InChI is InChI=1S/C17H19ClOS/c1-11-8-13(3)16(9-12(11)2)17(19)10-20-15-6-4-14(18)5-7-15/h4-9,17,19H,10H2,1-3H3. The first kappa shape index (κ1) is 15.4. The van der Waals surface area contributed by atoms with Crippen LogP contribution >= 0.6 is 23.4 Å². The Kier molecular flexibility index (Phi) is 5.14. The molecule has 3 heteroatoms. The zero-order chi connectivity index (χ0) is 14.7. The molecule has 0 aliphatic heterocycles. The highest BCUT2D eigenvalue weighted by molar-refractivity contribution is 7.99. The summed E-state index contributed by atoms with van der Waals surface area (Å²) in [7, 11) is 0. The predicted octanol–water partition coefficient (Wildman–Crippen LogP) is 5.09. The Morgan fingerprint density at radius 1 is 1.00 bits per heavy atom. The van der Waals surface area contributed by atoms with Crippen LogP contribution in [0, 0.1) is 20.8 Å². The van der Waals surface area contributed by atoms with Gasteiger partial charge in [-0.25, -0.2) is 0 Å². The van der Waals surface area contributed by atoms with Gasteiger partial charge in [0.05, 0.1) is 6.10 Å². The van der Waals surface area contributed by atoms with Crippen LogP contribution in [-0.4, -0.2) is 10.9 Å². The number of aliphatic hydroxyl groups excluding tert-OH is 1. The summed E-state index contributed by atoms with van der Waals surface area (Å²) in [6.45, 7) is 6.23. The molecule has 20 heavy (non-hydrogen) atoms. The maximum Gasteiger partial charge on any atom is 0.0886 e. The van der Waals surface area contributed by atoms with E-state index in [1.807, 2.05) is 24.3 Å². The second-order valence-electron chi connectivity index (χ2n) is 5.07. The van der Waals surface area contributed by atoms with Crippen molar-refractivity contribution in [3.63, 3.8) is 0 Å². The van der Waals surface area contributed by atoms with Crippen LogP contribution in [0.3, 0.4) is 0 Å². The monoisotopic (exact) mass is 306 g/mol. The van der Waals surface area contributed by atoms with Gasteiger partial charge in [0.1, 0.15) is 0 Å². The third-order valence-electron chi connectivity index (χ3n) is 3.46. The molecule has 0 saturated heterocycles. The maximum atomic E-state index is 10.4. The Morgan fingerprint density at radius 2 is 1.60 bits per heavy atom. The van der Waals surface area contributed by atoms with E-state index in [4.69, 9.17) is 11.6 Å². The molecule has 0 aromatic heterocycles. The SMILES string of the molecule is Cc1cc(C)c(C(O)CSc2ccc(Cl)cc2)cc1C. The van der Waals surface area contributed by atoms with Gasteiger partial charge in [-0.05, 0) is 67.3 Å². The van der Waals surface area contributed by atoms with Crippen molar-refractivity contribution in [3.8, 4) is 0 Å². The van der Waals surface area contributed by atoms with E-state index in [9.17, 15) is 5.11 Å². The first-order valence-corrected chi connectivity index (χ1v) is 7.98. The lowest BCUT2D eigenvalue weighted by Crippen LogP contribution is -2.04. The van der Waals surface area contributed by atoms with Crippen molar-refractivity contribution in [3.05, 3.63) is 63.7 Å². The van der Waals surface area contributed by atoms with Crippen molar-refractivity contribution >= 4 is 23.4 Å². The fraction of sp³-hybridized carbons (Fsp3) is 0.294. The molecule has 1 nitrogen and oxygen atoms in total. The van der Waals surface area contributed by atoms with Crippen LogP contribution in [0.4, 0.5) is 0 Å². The van der Waals surface area contributed by atoms with Gasteiger partial charge in [0.15, 0.2) is 0 Å². The molecule has 0 heterocycles. The van der Waals surface area contributed by atoms with Crippen LogP contribution in [0.2, 0.25) is 5.02 Å². The molecule has 106 valence electrons. The summed E-state index contributed by atoms with van der Waals surface area (Å²) < 4.78 is 0. The molecule has 0 aliphatic carbocycles. The van der Waals surface area contributed by atoms with Crippen LogP contribution < -0.4 is 0 Å². The first-order valence-electron chi connectivity index (χ1n) is 6.61. The van der Waals surface area contributed by atoms with E-state index in [-0.39, 0.29) is 0 Å². The number of aryl methyl sites for hydroxylation is 3. The largest absolute Gasteiger partial charge is 0.388 e. The molecule has 0 radical (unpaired) electrons. The van der Waals surface area contributed by atoms with Crippen molar-refractivity contribution in [1.29, 1.82) is 0 Å². The quantitative estimate of drug-likeness (QED) is 0.794. The minimum absolute atomic E-state index is 0.449. The molecule has 2 aromatic carbocycles. The zero-order valence-corrected chi connectivity index (χ0v) is 13.6. The van der Waals surface area contributed by atoms with Gasteiger partial charge in [0, 0.05) is 15.7 Å². The molecule has 1 atom stereocenters. The maximum absolute atomic E-state index is 10.4. The lowest BCUT2D eigenvalue weighted by Gasteiger charge is -2.15. The Bertz CT molecular complexity index is 593. The van der Waals surface area contributed by atoms with E-state index >= 15 is 0 Å². The average molecular weight is 307 g/mol. The van der Waals surface area contributed by atoms with E-state index < -0.39 is 6.10 Å². The summed E-state index contributed by atoms with van der Waals surface area (Å²) in [5.41, 5.74) is 4.66. The number of hydrogen-bond donors (Lipinski definition) is 1. The highest BCUT2D eigenvalue weighted by Gasteiger charge is 2.12. The number of benzene rings is 2. The van der Waals surface area contributed by atoms with E-state index in [1.54, 1.807) is 11.8 Å². The molecule has 0 aliphatic rings. The predicted molar refractivity (Wildman–Crippen MR) is 87.8 cm³/mol. The van der Waals surface area contributed by atoms with Crippen LogP contribution in [0.1, 0.15) is 28.4 Å². The van der Waals surface area contributed by atoms with Gasteiger partial charge >= 0.3 is 0 Å². The minimum atomic E-state index is -0.449. The number of thioether (sulfide) groups is 1. The summed E-state index contributed by atoms with van der Waals surface area (Å²) in [6, 6.07) is 11.9. The van der Waals surface area contributed by atoms with E-state index in [1.165, 1.54) is 11.1 Å². The van der Waals surface area contributed by atoms with Crippen LogP contribution in [0.25, 0.3) is 0 Å². The summed E-state index contributed by atoms with van der Waals surface area (Å²) in [5.74, 6) is 0.644. The molecule has 2 rings (SSSR count). The zero-order valence-electron chi connectivity index (χ0n) is 12.0. The number of aliphatic hydroxyl groups is 1. The van der Waals surface area contributed by atoms with Gasteiger partial charge in [-0.2, -0.15) is 0 Å². The first-order chi connectivity index (χ1) is 9.47. The Labute approximate surface area is 130 Å². The van der Waals surface area contributed by atoms with E-state index in [2.05, 4.69) is 32.9 Å². The molecule has 0 fully saturated rings. The Morgan fingerprint density at radius 3 is 2.25 bits per heavy atom. The molecule has 0 bridgehead atoms. The summed E-state index contributed by atoms with van der Waals surface area (Å²) >= 11 is 7.51. The topological polar surface area (TPSA) is 20.2 Å². The molecule has 0 saturated carbocycles. The smallest absolute Gasteiger partial charge is 0.0886 e. The van der Waals surface area contributed by atoms with Crippen molar-refractivity contribution in [2.24, 2.45) is 0 Å². The van der Waals surface area contributed by atoms with Gasteiger partial charge in [0.2, 0.25) is 0 Å². The lowest BCUT2D eigenvalue weighted by molar-refractivity contribution is 0.203. The molecule has 1 unspecified atom stereocenters. The normalized spacial score (nSPS) is 12.4. The van der Waals surface area contributed by atoms with E-state index in [0.717, 1.165) is 21.0 Å². The third kappa shape index (κ3) is 3.78. The van der Waals surface area contributed by atoms with Gasteiger partial charge in [-0.1, -0.05) is 23.7 Å². The second-order valence-corrected chi connectivity index (χ2v) is 6.60. The van der Waals surface area contributed by atoms with Gasteiger partial charge in [0.25, 0.3) is 0 Å². The van der Waals surface area contributed by atoms with Crippen LogP contribution in [-0.2, 0) is 0 Å². The fourth-order valence-corrected chi connectivity index (χ4v) is 3.12. The molecular weight excluding hydrogens is 288 g/mol. The van der Waals surface area contributed by atoms with Crippen molar-refractivity contribution in [2.45, 2.75) is 31.8 Å². The van der Waals surface area contributed by atoms with Crippen molar-refractivity contribution in [2.75, 3.05) is 5.75 Å². The molecule has 1 N–H and O–H groups in total. The van der Waals surface area contributed by atoms with Gasteiger partial charge < -0.3 is 5.11 Å². The fourth-order valence-electron chi connectivity index (χ4n) is 2.14. The lowest BCUT2D eigenvalue weighted by atomic mass is 9.98. The van der Waals surface area contributed by atoms with E-state index in [0.29, 0.717) is 5.75 Å². The van der Waals surface area contributed by atoms with Gasteiger partial charge in [-0.3, -0.25) is 0 Å².